The standard InChI is InChI=1S/C13H13N3O/c1-9-5-10(17-7-9)6-14-11-3-2-4-12-13(11)16-8-15-12/h2-5,7-8,14H,6H2,1H3,(H,15,16). The highest BCUT2D eigenvalue weighted by molar-refractivity contribution is 5.87. The quantitative estimate of drug-likeness (QED) is 0.723. The molecule has 0 aliphatic heterocycles. The molecular weight excluding hydrogens is 214 g/mol. The minimum atomic E-state index is 0.666. The van der Waals surface area contributed by atoms with E-state index in [0.717, 1.165) is 28.0 Å². The number of para-hydroxylation sites is 1. The lowest BCUT2D eigenvalue weighted by atomic mass is 10.2. The van der Waals surface area contributed by atoms with Crippen LogP contribution in [0.1, 0.15) is 11.3 Å². The molecule has 1 aromatic carbocycles. The van der Waals surface area contributed by atoms with E-state index in [0.29, 0.717) is 6.54 Å². The molecule has 0 spiro atoms. The van der Waals surface area contributed by atoms with Gasteiger partial charge in [-0.1, -0.05) is 6.07 Å². The second-order valence-electron chi connectivity index (χ2n) is 4.05. The van der Waals surface area contributed by atoms with Gasteiger partial charge in [0.15, 0.2) is 0 Å². The van der Waals surface area contributed by atoms with E-state index in [1.165, 1.54) is 0 Å². The smallest absolute Gasteiger partial charge is 0.123 e. The lowest BCUT2D eigenvalue weighted by Crippen LogP contribution is -1.98. The number of fused-ring (bicyclic) bond motifs is 1. The highest BCUT2D eigenvalue weighted by Gasteiger charge is 2.03. The Kier molecular flexibility index (Phi) is 2.33. The molecule has 0 atom stereocenters. The van der Waals surface area contributed by atoms with Gasteiger partial charge in [0.1, 0.15) is 11.3 Å². The molecule has 0 bridgehead atoms. The largest absolute Gasteiger partial charge is 0.467 e. The van der Waals surface area contributed by atoms with E-state index >= 15 is 0 Å². The number of rotatable bonds is 3. The summed E-state index contributed by atoms with van der Waals surface area (Å²) in [7, 11) is 0. The lowest BCUT2D eigenvalue weighted by molar-refractivity contribution is 0.517. The van der Waals surface area contributed by atoms with Crippen molar-refractivity contribution in [3.63, 3.8) is 0 Å². The number of hydrogen-bond acceptors (Lipinski definition) is 3. The number of aromatic amines is 1. The van der Waals surface area contributed by atoms with Crippen LogP contribution in [-0.4, -0.2) is 9.97 Å². The predicted molar refractivity (Wildman–Crippen MR) is 66.9 cm³/mol. The van der Waals surface area contributed by atoms with Crippen molar-refractivity contribution in [1.82, 2.24) is 9.97 Å². The van der Waals surface area contributed by atoms with Gasteiger partial charge >= 0.3 is 0 Å². The predicted octanol–water partition coefficient (Wildman–Crippen LogP) is 3.08. The molecule has 0 aliphatic carbocycles. The topological polar surface area (TPSA) is 53.9 Å². The summed E-state index contributed by atoms with van der Waals surface area (Å²) in [5, 5.41) is 3.33. The molecule has 2 N–H and O–H groups in total. The Morgan fingerprint density at radius 1 is 1.41 bits per heavy atom. The minimum Gasteiger partial charge on any atom is -0.467 e. The zero-order chi connectivity index (χ0) is 11.7. The maximum Gasteiger partial charge on any atom is 0.123 e. The lowest BCUT2D eigenvalue weighted by Gasteiger charge is -2.04. The molecule has 0 unspecified atom stereocenters. The van der Waals surface area contributed by atoms with Crippen molar-refractivity contribution >= 4 is 16.7 Å². The van der Waals surface area contributed by atoms with E-state index in [2.05, 4.69) is 15.3 Å². The zero-order valence-electron chi connectivity index (χ0n) is 9.53. The third kappa shape index (κ3) is 1.89. The number of nitrogens with zero attached hydrogens (tertiary/aromatic N) is 1. The molecule has 4 nitrogen and oxygen atoms in total. The first-order valence-corrected chi connectivity index (χ1v) is 5.53. The van der Waals surface area contributed by atoms with E-state index in [-0.39, 0.29) is 0 Å². The molecule has 2 aromatic heterocycles. The van der Waals surface area contributed by atoms with Gasteiger partial charge in [-0.15, -0.1) is 0 Å². The SMILES string of the molecule is Cc1coc(CNc2cccc3[nH]cnc23)c1. The van der Waals surface area contributed by atoms with Crippen LogP contribution in [0.3, 0.4) is 0 Å². The maximum absolute atomic E-state index is 5.39. The summed E-state index contributed by atoms with van der Waals surface area (Å²) >= 11 is 0. The summed E-state index contributed by atoms with van der Waals surface area (Å²) < 4.78 is 5.39. The van der Waals surface area contributed by atoms with Crippen LogP contribution in [-0.2, 0) is 6.54 Å². The Morgan fingerprint density at radius 2 is 2.35 bits per heavy atom. The van der Waals surface area contributed by atoms with E-state index in [1.807, 2.05) is 31.2 Å². The van der Waals surface area contributed by atoms with Gasteiger partial charge in [0.25, 0.3) is 0 Å². The average Bonchev–Trinajstić information content (AvgIpc) is 2.94. The van der Waals surface area contributed by atoms with Crippen LogP contribution in [0.5, 0.6) is 0 Å². The Morgan fingerprint density at radius 3 is 3.18 bits per heavy atom. The number of aromatic nitrogens is 2. The third-order valence-electron chi connectivity index (χ3n) is 2.69. The molecule has 0 fully saturated rings. The van der Waals surface area contributed by atoms with Crippen LogP contribution in [0.4, 0.5) is 5.69 Å². The molecule has 86 valence electrons. The van der Waals surface area contributed by atoms with Crippen molar-refractivity contribution in [2.45, 2.75) is 13.5 Å². The van der Waals surface area contributed by atoms with Gasteiger partial charge in [-0.3, -0.25) is 0 Å². The molecule has 3 aromatic rings. The molecule has 3 rings (SSSR count). The Balaban J connectivity index is 1.83. The van der Waals surface area contributed by atoms with Crippen molar-refractivity contribution in [1.29, 1.82) is 0 Å². The Bertz CT molecular complexity index is 639. The first-order valence-electron chi connectivity index (χ1n) is 5.53. The number of hydrogen-bond donors (Lipinski definition) is 2. The first kappa shape index (κ1) is 9.96. The number of furan rings is 1. The Labute approximate surface area is 98.7 Å². The fourth-order valence-electron chi connectivity index (χ4n) is 1.87. The van der Waals surface area contributed by atoms with E-state index in [9.17, 15) is 0 Å². The van der Waals surface area contributed by atoms with Gasteiger partial charge in [-0.05, 0) is 30.7 Å². The van der Waals surface area contributed by atoms with Crippen LogP contribution >= 0.6 is 0 Å². The molecule has 2 heterocycles. The van der Waals surface area contributed by atoms with E-state index in [4.69, 9.17) is 4.42 Å². The van der Waals surface area contributed by atoms with E-state index in [1.54, 1.807) is 12.6 Å². The summed E-state index contributed by atoms with van der Waals surface area (Å²) in [4.78, 5) is 7.38. The number of aryl methyl sites for hydroxylation is 1. The zero-order valence-corrected chi connectivity index (χ0v) is 9.53. The summed E-state index contributed by atoms with van der Waals surface area (Å²) in [5.74, 6) is 0.926. The molecule has 0 amide bonds. The van der Waals surface area contributed by atoms with Gasteiger partial charge in [-0.2, -0.15) is 0 Å². The van der Waals surface area contributed by atoms with Gasteiger partial charge in [0.05, 0.1) is 30.3 Å². The summed E-state index contributed by atoms with van der Waals surface area (Å²) in [5.41, 5.74) is 4.14. The molecule has 0 saturated carbocycles. The molecule has 0 radical (unpaired) electrons. The number of H-pyrrole nitrogens is 1. The maximum atomic E-state index is 5.39. The number of imidazole rings is 1. The average molecular weight is 227 g/mol. The summed E-state index contributed by atoms with van der Waals surface area (Å²) in [6.07, 6.45) is 3.46. The van der Waals surface area contributed by atoms with Crippen LogP contribution < -0.4 is 5.32 Å². The van der Waals surface area contributed by atoms with Gasteiger partial charge in [-0.25, -0.2) is 4.98 Å². The van der Waals surface area contributed by atoms with Gasteiger partial charge in [0.2, 0.25) is 0 Å². The van der Waals surface area contributed by atoms with Crippen molar-refractivity contribution in [3.8, 4) is 0 Å². The molecular formula is C13H13N3O. The molecule has 4 heteroatoms. The molecule has 17 heavy (non-hydrogen) atoms. The number of benzene rings is 1. The monoisotopic (exact) mass is 227 g/mol. The highest BCUT2D eigenvalue weighted by Crippen LogP contribution is 2.20. The normalized spacial score (nSPS) is 10.9. The Hall–Kier alpha value is -2.23. The van der Waals surface area contributed by atoms with E-state index < -0.39 is 0 Å². The van der Waals surface area contributed by atoms with Crippen LogP contribution in [0.15, 0.2) is 41.3 Å². The third-order valence-corrected chi connectivity index (χ3v) is 2.69. The molecule has 0 saturated heterocycles. The second kappa shape index (κ2) is 3.97. The van der Waals surface area contributed by atoms with Crippen molar-refractivity contribution in [2.75, 3.05) is 5.32 Å². The minimum absolute atomic E-state index is 0.666. The fraction of sp³-hybridized carbons (Fsp3) is 0.154. The highest BCUT2D eigenvalue weighted by atomic mass is 16.3. The van der Waals surface area contributed by atoms with Crippen molar-refractivity contribution < 1.29 is 4.42 Å². The van der Waals surface area contributed by atoms with Gasteiger partial charge < -0.3 is 14.7 Å². The van der Waals surface area contributed by atoms with Crippen LogP contribution in [0.25, 0.3) is 11.0 Å². The fourth-order valence-corrected chi connectivity index (χ4v) is 1.87. The number of anilines is 1. The van der Waals surface area contributed by atoms with Crippen molar-refractivity contribution in [2.24, 2.45) is 0 Å². The first-order chi connectivity index (χ1) is 8.33. The van der Waals surface area contributed by atoms with Crippen LogP contribution in [0.2, 0.25) is 0 Å². The summed E-state index contributed by atoms with van der Waals surface area (Å²) in [6.45, 7) is 2.68. The number of nitrogens with one attached hydrogen (secondary N) is 2. The second-order valence-corrected chi connectivity index (χ2v) is 4.05. The van der Waals surface area contributed by atoms with Crippen molar-refractivity contribution in [3.05, 3.63) is 48.2 Å². The van der Waals surface area contributed by atoms with Crippen LogP contribution in [0, 0.1) is 6.92 Å². The molecule has 0 aliphatic rings. The summed E-state index contributed by atoms with van der Waals surface area (Å²) in [6, 6.07) is 8.04. The van der Waals surface area contributed by atoms with Gasteiger partial charge in [0, 0.05) is 0 Å².